The molecular weight excluding hydrogens is 350 g/mol. The maximum absolute atomic E-state index is 12.9. The van der Waals surface area contributed by atoms with Gasteiger partial charge in [-0.05, 0) is 42.3 Å². The number of carbonyl (C=O) groups is 2. The van der Waals surface area contributed by atoms with E-state index >= 15 is 0 Å². The monoisotopic (exact) mass is 371 g/mol. The first-order chi connectivity index (χ1) is 13.6. The second kappa shape index (κ2) is 9.28. The van der Waals surface area contributed by atoms with Crippen molar-refractivity contribution in [3.8, 4) is 0 Å². The molecule has 0 spiro atoms. The van der Waals surface area contributed by atoms with Gasteiger partial charge in [0.1, 0.15) is 5.70 Å². The number of nitrogens with one attached hydrogen (secondary N) is 2. The Morgan fingerprint density at radius 3 is 2.25 bits per heavy atom. The first-order valence-electron chi connectivity index (χ1n) is 8.97. The van der Waals surface area contributed by atoms with Crippen LogP contribution in [0.3, 0.4) is 0 Å². The van der Waals surface area contributed by atoms with Crippen molar-refractivity contribution in [3.05, 3.63) is 108 Å². The van der Waals surface area contributed by atoms with Crippen molar-refractivity contribution < 1.29 is 9.59 Å². The summed E-state index contributed by atoms with van der Waals surface area (Å²) in [5.74, 6) is -0.720. The Kier molecular flexibility index (Phi) is 6.31. The Morgan fingerprint density at radius 2 is 1.61 bits per heavy atom. The van der Waals surface area contributed by atoms with Gasteiger partial charge in [-0.1, -0.05) is 54.6 Å². The van der Waals surface area contributed by atoms with E-state index < -0.39 is 0 Å². The predicted molar refractivity (Wildman–Crippen MR) is 109 cm³/mol. The molecule has 1 aromatic heterocycles. The lowest BCUT2D eigenvalue weighted by atomic mass is 10.1. The molecule has 1 heterocycles. The number of pyridine rings is 1. The van der Waals surface area contributed by atoms with E-state index in [1.165, 1.54) is 0 Å². The molecule has 0 radical (unpaired) electrons. The van der Waals surface area contributed by atoms with Gasteiger partial charge >= 0.3 is 0 Å². The summed E-state index contributed by atoms with van der Waals surface area (Å²) in [6, 6.07) is 21.8. The molecule has 2 aromatic carbocycles. The second-order valence-corrected chi connectivity index (χ2v) is 6.27. The maximum atomic E-state index is 12.9. The van der Waals surface area contributed by atoms with Crippen molar-refractivity contribution >= 4 is 17.9 Å². The Hall–Kier alpha value is -3.73. The van der Waals surface area contributed by atoms with E-state index in [0.717, 1.165) is 5.56 Å². The lowest BCUT2D eigenvalue weighted by molar-refractivity contribution is -0.118. The molecule has 0 saturated heterocycles. The van der Waals surface area contributed by atoms with Crippen molar-refractivity contribution in [1.29, 1.82) is 0 Å². The number of hydrogen-bond donors (Lipinski definition) is 2. The van der Waals surface area contributed by atoms with E-state index in [9.17, 15) is 9.59 Å². The zero-order valence-electron chi connectivity index (χ0n) is 15.5. The minimum Gasteiger partial charge on any atom is -0.344 e. The smallest absolute Gasteiger partial charge is 0.268 e. The summed E-state index contributed by atoms with van der Waals surface area (Å²) in [5, 5.41) is 5.65. The summed E-state index contributed by atoms with van der Waals surface area (Å²) < 4.78 is 0. The van der Waals surface area contributed by atoms with Crippen LogP contribution in [0.4, 0.5) is 0 Å². The molecule has 28 heavy (non-hydrogen) atoms. The van der Waals surface area contributed by atoms with Crippen LogP contribution in [-0.4, -0.2) is 16.8 Å². The fourth-order valence-corrected chi connectivity index (χ4v) is 2.67. The van der Waals surface area contributed by atoms with Crippen LogP contribution in [0.25, 0.3) is 6.08 Å². The third-order valence-corrected chi connectivity index (χ3v) is 4.17. The lowest BCUT2D eigenvalue weighted by Crippen LogP contribution is -2.36. The SMILES string of the molecule is CC(NC(=O)C(=Cc1cccnc1)NC(=O)c1ccccc1)c1ccccc1. The minimum atomic E-state index is -0.371. The highest BCUT2D eigenvalue weighted by Crippen LogP contribution is 2.13. The molecule has 0 saturated carbocycles. The highest BCUT2D eigenvalue weighted by atomic mass is 16.2. The fraction of sp³-hybridized carbons (Fsp3) is 0.0870. The average molecular weight is 371 g/mol. The summed E-state index contributed by atoms with van der Waals surface area (Å²) in [4.78, 5) is 29.5. The zero-order valence-corrected chi connectivity index (χ0v) is 15.5. The molecule has 1 atom stereocenters. The van der Waals surface area contributed by atoms with Gasteiger partial charge in [-0.3, -0.25) is 14.6 Å². The van der Waals surface area contributed by atoms with Crippen LogP contribution >= 0.6 is 0 Å². The number of carbonyl (C=O) groups excluding carboxylic acids is 2. The molecule has 1 unspecified atom stereocenters. The molecule has 0 aliphatic heterocycles. The molecule has 2 N–H and O–H groups in total. The van der Waals surface area contributed by atoms with Crippen LogP contribution in [0.5, 0.6) is 0 Å². The Labute approximate surface area is 164 Å². The molecule has 5 heteroatoms. The van der Waals surface area contributed by atoms with E-state index in [1.807, 2.05) is 49.4 Å². The van der Waals surface area contributed by atoms with Gasteiger partial charge in [-0.25, -0.2) is 0 Å². The first-order valence-corrected chi connectivity index (χ1v) is 8.97. The van der Waals surface area contributed by atoms with Crippen molar-refractivity contribution in [2.24, 2.45) is 0 Å². The first kappa shape index (κ1) is 19.0. The summed E-state index contributed by atoms with van der Waals surface area (Å²) in [6.07, 6.45) is 4.89. The van der Waals surface area contributed by atoms with Gasteiger partial charge in [-0.2, -0.15) is 0 Å². The van der Waals surface area contributed by atoms with Crippen LogP contribution in [0.15, 0.2) is 90.9 Å². The third-order valence-electron chi connectivity index (χ3n) is 4.17. The van der Waals surface area contributed by atoms with Gasteiger partial charge in [0.25, 0.3) is 11.8 Å². The van der Waals surface area contributed by atoms with Crippen molar-refractivity contribution in [1.82, 2.24) is 15.6 Å². The Morgan fingerprint density at radius 1 is 0.929 bits per heavy atom. The number of aromatic nitrogens is 1. The summed E-state index contributed by atoms with van der Waals surface area (Å²) >= 11 is 0. The normalized spacial score (nSPS) is 12.1. The predicted octanol–water partition coefficient (Wildman–Crippen LogP) is 3.73. The van der Waals surface area contributed by atoms with Gasteiger partial charge in [0.05, 0.1) is 6.04 Å². The third kappa shape index (κ3) is 5.14. The molecule has 0 fully saturated rings. The minimum absolute atomic E-state index is 0.157. The van der Waals surface area contributed by atoms with Crippen molar-refractivity contribution in [3.63, 3.8) is 0 Å². The molecule has 3 aromatic rings. The molecular formula is C23H21N3O2. The topological polar surface area (TPSA) is 71.1 Å². The quantitative estimate of drug-likeness (QED) is 0.649. The highest BCUT2D eigenvalue weighted by Gasteiger charge is 2.17. The van der Waals surface area contributed by atoms with E-state index in [-0.39, 0.29) is 23.6 Å². The summed E-state index contributed by atoms with van der Waals surface area (Å²) in [5.41, 5.74) is 2.33. The molecule has 0 aliphatic rings. The van der Waals surface area contributed by atoms with E-state index in [0.29, 0.717) is 11.1 Å². The molecule has 140 valence electrons. The molecule has 0 bridgehead atoms. The van der Waals surface area contributed by atoms with Gasteiger partial charge in [0, 0.05) is 18.0 Å². The lowest BCUT2D eigenvalue weighted by Gasteiger charge is -2.16. The summed E-state index contributed by atoms with van der Waals surface area (Å²) in [7, 11) is 0. The van der Waals surface area contributed by atoms with Crippen LogP contribution in [0.2, 0.25) is 0 Å². The van der Waals surface area contributed by atoms with Gasteiger partial charge in [0.15, 0.2) is 0 Å². The van der Waals surface area contributed by atoms with Crippen molar-refractivity contribution in [2.45, 2.75) is 13.0 Å². The van der Waals surface area contributed by atoms with E-state index in [4.69, 9.17) is 0 Å². The number of hydrogen-bond acceptors (Lipinski definition) is 3. The molecule has 0 aliphatic carbocycles. The molecule has 3 rings (SSSR count). The number of nitrogens with zero attached hydrogens (tertiary/aromatic N) is 1. The van der Waals surface area contributed by atoms with Crippen LogP contribution in [0, 0.1) is 0 Å². The fourth-order valence-electron chi connectivity index (χ4n) is 2.67. The van der Waals surface area contributed by atoms with Gasteiger partial charge < -0.3 is 10.6 Å². The van der Waals surface area contributed by atoms with E-state index in [2.05, 4.69) is 15.6 Å². The number of benzene rings is 2. The largest absolute Gasteiger partial charge is 0.344 e. The zero-order chi connectivity index (χ0) is 19.8. The highest BCUT2D eigenvalue weighted by molar-refractivity contribution is 6.05. The molecule has 2 amide bonds. The van der Waals surface area contributed by atoms with Gasteiger partial charge in [-0.15, -0.1) is 0 Å². The molecule has 5 nitrogen and oxygen atoms in total. The van der Waals surface area contributed by atoms with Crippen LogP contribution in [-0.2, 0) is 4.79 Å². The average Bonchev–Trinajstić information content (AvgIpc) is 2.75. The van der Waals surface area contributed by atoms with Crippen molar-refractivity contribution in [2.75, 3.05) is 0 Å². The maximum Gasteiger partial charge on any atom is 0.268 e. The Balaban J connectivity index is 1.82. The Bertz CT molecular complexity index is 955. The van der Waals surface area contributed by atoms with E-state index in [1.54, 1.807) is 48.8 Å². The van der Waals surface area contributed by atoms with Crippen LogP contribution in [0.1, 0.15) is 34.5 Å². The van der Waals surface area contributed by atoms with Crippen LogP contribution < -0.4 is 10.6 Å². The number of rotatable bonds is 6. The number of amides is 2. The standard InChI is InChI=1S/C23H21N3O2/c1-17(19-10-4-2-5-11-19)25-23(28)21(15-18-9-8-14-24-16-18)26-22(27)20-12-6-3-7-13-20/h2-17H,1H3,(H,25,28)(H,26,27). The summed E-state index contributed by atoms with van der Waals surface area (Å²) in [6.45, 7) is 1.90. The second-order valence-electron chi connectivity index (χ2n) is 6.27. The van der Waals surface area contributed by atoms with Gasteiger partial charge in [0.2, 0.25) is 0 Å².